The molecule has 0 atom stereocenters. The molecule has 0 saturated carbocycles. The molecule has 0 radical (unpaired) electrons. The largest absolute Gasteiger partial charge is 0.586 e. The van der Waals surface area contributed by atoms with E-state index >= 15 is 0 Å². The third-order valence-electron chi connectivity index (χ3n) is 8.63. The molecule has 4 heterocycles. The molecule has 0 unspecified atom stereocenters. The number of urea groups is 2. The van der Waals surface area contributed by atoms with Gasteiger partial charge in [-0.3, -0.25) is 24.2 Å². The van der Waals surface area contributed by atoms with Crippen molar-refractivity contribution in [1.82, 2.24) is 30.4 Å². The van der Waals surface area contributed by atoms with E-state index in [1.54, 1.807) is 77.5 Å². The Morgan fingerprint density at radius 2 is 1.14 bits per heavy atom. The van der Waals surface area contributed by atoms with E-state index in [1.165, 1.54) is 50.8 Å². The molecule has 1 aliphatic rings. The quantitative estimate of drug-likeness (QED) is 0.0774. The summed E-state index contributed by atoms with van der Waals surface area (Å²) >= 11 is 0. The van der Waals surface area contributed by atoms with Crippen LogP contribution >= 0.6 is 0 Å². The minimum Gasteiger partial charge on any atom is -0.457 e. The number of carbonyl (C=O) groups excluding carboxylic acids is 4. The molecule has 18 nitrogen and oxygen atoms in total. The summed E-state index contributed by atoms with van der Waals surface area (Å²) in [6.45, 7) is 0. The molecule has 320 valence electrons. The van der Waals surface area contributed by atoms with Crippen molar-refractivity contribution >= 4 is 57.5 Å². The van der Waals surface area contributed by atoms with Crippen molar-refractivity contribution in [2.75, 3.05) is 35.4 Å². The number of aryl methyl sites for hydroxylation is 1. The van der Waals surface area contributed by atoms with Gasteiger partial charge in [0, 0.05) is 74.3 Å². The van der Waals surface area contributed by atoms with Crippen LogP contribution in [0.5, 0.6) is 34.5 Å². The van der Waals surface area contributed by atoms with E-state index in [9.17, 15) is 28.0 Å². The number of hydrogen-bond acceptors (Lipinski definition) is 11. The number of alkyl halides is 2. The van der Waals surface area contributed by atoms with Gasteiger partial charge in [0.05, 0.1) is 11.2 Å². The lowest BCUT2D eigenvalue weighted by Crippen LogP contribution is -2.26. The number of halogens is 2. The molecule has 63 heavy (non-hydrogen) atoms. The Hall–Kier alpha value is -8.81. The molecular weight excluding hydrogens is 823 g/mol. The fourth-order valence-corrected chi connectivity index (χ4v) is 5.81. The van der Waals surface area contributed by atoms with Gasteiger partial charge in [-0.2, -0.15) is 5.10 Å². The van der Waals surface area contributed by atoms with E-state index in [0.29, 0.717) is 40.1 Å². The highest BCUT2D eigenvalue weighted by Gasteiger charge is 2.44. The van der Waals surface area contributed by atoms with Gasteiger partial charge < -0.3 is 50.8 Å². The zero-order valence-corrected chi connectivity index (χ0v) is 33.4. The fourth-order valence-electron chi connectivity index (χ4n) is 5.81. The summed E-state index contributed by atoms with van der Waals surface area (Å²) in [5, 5.41) is 20.8. The molecule has 6 amide bonds. The van der Waals surface area contributed by atoms with Crippen LogP contribution in [0.25, 0.3) is 10.9 Å². The second-order valence-electron chi connectivity index (χ2n) is 13.2. The number of ether oxygens (including phenoxy) is 4. The maximum atomic E-state index is 13.3. The SMILES string of the molecule is CNC(=O)c1cc(Oc2ccc(NC(=O)Nc3ccc4nn(C)cc4c3)cc2)ccn1.CNC(=O)c1cc(Oc2ccc(NC(=O)Nc3cccc4c3OC(F)(F)O4)cc2)ccn1. The Labute approximate surface area is 356 Å². The van der Waals surface area contributed by atoms with Crippen LogP contribution < -0.4 is 50.8 Å². The number of anilines is 4. The average molecular weight is 859 g/mol. The van der Waals surface area contributed by atoms with Gasteiger partial charge in [0.1, 0.15) is 34.4 Å². The summed E-state index contributed by atoms with van der Waals surface area (Å²) in [6, 6.07) is 28.2. The third kappa shape index (κ3) is 11.1. The fraction of sp³-hybridized carbons (Fsp3) is 0.0930. The number of benzene rings is 4. The van der Waals surface area contributed by atoms with E-state index in [2.05, 4.69) is 56.4 Å². The van der Waals surface area contributed by atoms with Crippen LogP contribution in [0.3, 0.4) is 0 Å². The summed E-state index contributed by atoms with van der Waals surface area (Å²) in [4.78, 5) is 55.9. The van der Waals surface area contributed by atoms with Gasteiger partial charge in [-0.05, 0) is 91.0 Å². The smallest absolute Gasteiger partial charge is 0.457 e. The number of hydrogen-bond donors (Lipinski definition) is 6. The zero-order valence-electron chi connectivity index (χ0n) is 33.4. The van der Waals surface area contributed by atoms with Gasteiger partial charge in [0.25, 0.3) is 11.8 Å². The number of rotatable bonds is 10. The van der Waals surface area contributed by atoms with E-state index in [1.807, 2.05) is 25.4 Å². The standard InChI is InChI=1S/C22H20N6O3.C21H16F2N4O5/c1-23-21(29)20-12-18(9-10-24-20)31-17-6-3-15(4-7-17)25-22(30)26-16-5-8-19-14(11-16)13-28(2)27-19;1-24-19(28)16-11-14(9-10-25-16)30-13-7-5-12(6-8-13)26-20(29)27-15-3-2-4-17-18(15)32-21(22,23)31-17/h3-13H,1-2H3,(H,23,29)(H2,25,26,30);2-11H,1H3,(H,24,28)(H2,26,27,29). The lowest BCUT2D eigenvalue weighted by molar-refractivity contribution is -0.286. The van der Waals surface area contributed by atoms with E-state index in [0.717, 1.165) is 10.9 Å². The first-order valence-corrected chi connectivity index (χ1v) is 18.7. The van der Waals surface area contributed by atoms with Gasteiger partial charge in [-0.25, -0.2) is 9.59 Å². The second kappa shape index (κ2) is 18.6. The lowest BCUT2D eigenvalue weighted by atomic mass is 10.2. The van der Waals surface area contributed by atoms with Crippen LogP contribution in [-0.2, 0) is 7.05 Å². The van der Waals surface area contributed by atoms with Crippen LogP contribution in [-0.4, -0.2) is 64.0 Å². The van der Waals surface area contributed by atoms with Gasteiger partial charge >= 0.3 is 18.4 Å². The number of carbonyl (C=O) groups is 4. The van der Waals surface area contributed by atoms with E-state index in [4.69, 9.17) is 9.47 Å². The number of nitrogens with zero attached hydrogens (tertiary/aromatic N) is 4. The van der Waals surface area contributed by atoms with Crippen LogP contribution in [0.2, 0.25) is 0 Å². The van der Waals surface area contributed by atoms with Crippen molar-refractivity contribution in [1.29, 1.82) is 0 Å². The predicted octanol–water partition coefficient (Wildman–Crippen LogP) is 7.96. The van der Waals surface area contributed by atoms with E-state index in [-0.39, 0.29) is 46.4 Å². The van der Waals surface area contributed by atoms with Crippen LogP contribution in [0.15, 0.2) is 128 Å². The summed E-state index contributed by atoms with van der Waals surface area (Å²) in [7, 11) is 4.89. The van der Waals surface area contributed by atoms with Crippen LogP contribution in [0.4, 0.5) is 41.1 Å². The first-order chi connectivity index (χ1) is 30.3. The minimum atomic E-state index is -3.79. The maximum absolute atomic E-state index is 13.3. The minimum absolute atomic E-state index is 0.0294. The Bertz CT molecular complexity index is 2800. The van der Waals surface area contributed by atoms with Gasteiger partial charge in [-0.15, -0.1) is 8.78 Å². The number of amides is 6. The van der Waals surface area contributed by atoms with E-state index < -0.39 is 12.3 Å². The molecule has 8 rings (SSSR count). The second-order valence-corrected chi connectivity index (χ2v) is 13.2. The summed E-state index contributed by atoms with van der Waals surface area (Å²) in [6.07, 6.45) is 1.05. The molecule has 4 aromatic carbocycles. The number of nitrogens with one attached hydrogen (secondary N) is 6. The normalized spacial score (nSPS) is 11.9. The topological polar surface area (TPSA) is 221 Å². The summed E-state index contributed by atoms with van der Waals surface area (Å²) in [5.41, 5.74) is 3.06. The number of fused-ring (bicyclic) bond motifs is 2. The van der Waals surface area contributed by atoms with Crippen molar-refractivity contribution < 1.29 is 46.9 Å². The Balaban J connectivity index is 0.000000189. The van der Waals surface area contributed by atoms with Gasteiger partial charge in [-0.1, -0.05) is 6.07 Å². The highest BCUT2D eigenvalue weighted by atomic mass is 19.3. The molecule has 0 saturated heterocycles. The number of para-hydroxylation sites is 1. The molecule has 0 bridgehead atoms. The molecule has 3 aromatic heterocycles. The highest BCUT2D eigenvalue weighted by Crippen LogP contribution is 2.45. The van der Waals surface area contributed by atoms with Crippen molar-refractivity contribution in [2.24, 2.45) is 7.05 Å². The molecular formula is C43H36F2N10O8. The predicted molar refractivity (Wildman–Crippen MR) is 227 cm³/mol. The molecule has 1 aliphatic heterocycles. The number of aromatic nitrogens is 4. The molecule has 0 aliphatic carbocycles. The first-order valence-electron chi connectivity index (χ1n) is 18.7. The first kappa shape index (κ1) is 42.3. The summed E-state index contributed by atoms with van der Waals surface area (Å²) < 4.78 is 48.5. The van der Waals surface area contributed by atoms with Crippen molar-refractivity contribution in [3.05, 3.63) is 139 Å². The maximum Gasteiger partial charge on any atom is 0.586 e. The Morgan fingerprint density at radius 3 is 1.70 bits per heavy atom. The van der Waals surface area contributed by atoms with Crippen LogP contribution in [0, 0.1) is 0 Å². The monoisotopic (exact) mass is 858 g/mol. The molecule has 6 N–H and O–H groups in total. The summed E-state index contributed by atoms with van der Waals surface area (Å²) in [5.74, 6) is 0.840. The van der Waals surface area contributed by atoms with Crippen LogP contribution in [0.1, 0.15) is 21.0 Å². The highest BCUT2D eigenvalue weighted by molar-refractivity contribution is 6.02. The van der Waals surface area contributed by atoms with Gasteiger partial charge in [0.15, 0.2) is 11.5 Å². The third-order valence-corrected chi connectivity index (χ3v) is 8.63. The Morgan fingerprint density at radius 1 is 0.619 bits per heavy atom. The molecule has 20 heteroatoms. The van der Waals surface area contributed by atoms with Gasteiger partial charge in [0.2, 0.25) is 0 Å². The van der Waals surface area contributed by atoms with Crippen molar-refractivity contribution in [3.8, 4) is 34.5 Å². The average Bonchev–Trinajstić information content (AvgIpc) is 3.81. The lowest BCUT2D eigenvalue weighted by Gasteiger charge is -2.11. The van der Waals surface area contributed by atoms with Crippen molar-refractivity contribution in [3.63, 3.8) is 0 Å². The van der Waals surface area contributed by atoms with Crippen molar-refractivity contribution in [2.45, 2.75) is 6.29 Å². The molecule has 0 fully saturated rings. The zero-order chi connectivity index (χ0) is 44.5. The molecule has 7 aromatic rings. The molecule has 0 spiro atoms. The Kier molecular flexibility index (Phi) is 12.5. The number of pyridine rings is 2.